The fourth-order valence-corrected chi connectivity index (χ4v) is 3.59. The molecule has 0 radical (unpaired) electrons. The van der Waals surface area contributed by atoms with Gasteiger partial charge in [0.25, 0.3) is 0 Å². The van der Waals surface area contributed by atoms with E-state index >= 15 is 0 Å². The molecular weight excluding hydrogens is 242 g/mol. The SMILES string of the molecule is CC(C)Cc1nnc(NCCC2CCCCC2)s1. The molecule has 0 saturated heterocycles. The van der Waals surface area contributed by atoms with E-state index in [1.807, 2.05) is 0 Å². The maximum atomic E-state index is 4.23. The van der Waals surface area contributed by atoms with Crippen molar-refractivity contribution in [1.82, 2.24) is 10.2 Å². The van der Waals surface area contributed by atoms with Gasteiger partial charge in [-0.3, -0.25) is 0 Å². The van der Waals surface area contributed by atoms with E-state index < -0.39 is 0 Å². The second-order valence-electron chi connectivity index (χ2n) is 5.82. The Morgan fingerprint density at radius 2 is 2.00 bits per heavy atom. The Kier molecular flexibility index (Phi) is 5.42. The predicted molar refractivity (Wildman–Crippen MR) is 78.1 cm³/mol. The van der Waals surface area contributed by atoms with Crippen LogP contribution in [0.5, 0.6) is 0 Å². The molecule has 0 aromatic carbocycles. The molecule has 1 aliphatic carbocycles. The smallest absolute Gasteiger partial charge is 0.205 e. The van der Waals surface area contributed by atoms with E-state index in [1.54, 1.807) is 11.3 Å². The lowest BCUT2D eigenvalue weighted by atomic mass is 9.87. The van der Waals surface area contributed by atoms with Crippen molar-refractivity contribution in [2.24, 2.45) is 11.8 Å². The van der Waals surface area contributed by atoms with E-state index in [0.717, 1.165) is 29.0 Å². The highest BCUT2D eigenvalue weighted by Crippen LogP contribution is 2.26. The fourth-order valence-electron chi connectivity index (χ4n) is 2.62. The van der Waals surface area contributed by atoms with Gasteiger partial charge in [-0.1, -0.05) is 57.3 Å². The molecule has 1 N–H and O–H groups in total. The number of rotatable bonds is 6. The molecule has 1 saturated carbocycles. The van der Waals surface area contributed by atoms with Gasteiger partial charge in [0.05, 0.1) is 0 Å². The summed E-state index contributed by atoms with van der Waals surface area (Å²) in [5.74, 6) is 1.60. The average molecular weight is 267 g/mol. The molecule has 1 aliphatic rings. The number of aromatic nitrogens is 2. The molecule has 2 rings (SSSR count). The molecule has 0 atom stereocenters. The summed E-state index contributed by atoms with van der Waals surface area (Å²) >= 11 is 1.71. The highest BCUT2D eigenvalue weighted by Gasteiger charge is 2.13. The van der Waals surface area contributed by atoms with Crippen LogP contribution in [0, 0.1) is 11.8 Å². The first-order valence-electron chi connectivity index (χ1n) is 7.30. The molecule has 3 nitrogen and oxygen atoms in total. The minimum absolute atomic E-state index is 0.660. The van der Waals surface area contributed by atoms with Crippen molar-refractivity contribution >= 4 is 16.5 Å². The first-order valence-corrected chi connectivity index (χ1v) is 8.12. The molecule has 1 aromatic rings. The summed E-state index contributed by atoms with van der Waals surface area (Å²) in [5, 5.41) is 14.0. The van der Waals surface area contributed by atoms with E-state index in [4.69, 9.17) is 0 Å². The number of hydrogen-bond donors (Lipinski definition) is 1. The summed E-state index contributed by atoms with van der Waals surface area (Å²) in [7, 11) is 0. The van der Waals surface area contributed by atoms with Crippen molar-refractivity contribution in [3.63, 3.8) is 0 Å². The van der Waals surface area contributed by atoms with Crippen LogP contribution in [0.3, 0.4) is 0 Å². The van der Waals surface area contributed by atoms with Gasteiger partial charge in [0.2, 0.25) is 5.13 Å². The zero-order valence-electron chi connectivity index (χ0n) is 11.6. The van der Waals surface area contributed by atoms with Gasteiger partial charge in [0.15, 0.2) is 0 Å². The van der Waals surface area contributed by atoms with Crippen LogP contribution in [0.4, 0.5) is 5.13 Å². The Balaban J connectivity index is 1.67. The van der Waals surface area contributed by atoms with Gasteiger partial charge in [0, 0.05) is 13.0 Å². The molecule has 0 amide bonds. The molecule has 0 aliphatic heterocycles. The summed E-state index contributed by atoms with van der Waals surface area (Å²) < 4.78 is 0. The van der Waals surface area contributed by atoms with Crippen LogP contribution >= 0.6 is 11.3 Å². The van der Waals surface area contributed by atoms with E-state index in [9.17, 15) is 0 Å². The summed E-state index contributed by atoms with van der Waals surface area (Å²) in [6, 6.07) is 0. The third-order valence-electron chi connectivity index (χ3n) is 3.60. The summed E-state index contributed by atoms with van der Waals surface area (Å²) in [4.78, 5) is 0. The zero-order chi connectivity index (χ0) is 12.8. The van der Waals surface area contributed by atoms with Gasteiger partial charge in [-0.2, -0.15) is 0 Å². The molecule has 102 valence electrons. The van der Waals surface area contributed by atoms with Crippen LogP contribution in [-0.4, -0.2) is 16.7 Å². The second kappa shape index (κ2) is 7.07. The Bertz CT molecular complexity index is 343. The van der Waals surface area contributed by atoms with Gasteiger partial charge in [-0.25, -0.2) is 0 Å². The predicted octanol–water partition coefficient (Wildman–Crippen LogP) is 4.12. The average Bonchev–Trinajstić information content (AvgIpc) is 2.77. The van der Waals surface area contributed by atoms with Gasteiger partial charge < -0.3 is 5.32 Å². The molecule has 1 fully saturated rings. The molecule has 1 aromatic heterocycles. The van der Waals surface area contributed by atoms with Crippen molar-refractivity contribution in [2.75, 3.05) is 11.9 Å². The molecule has 18 heavy (non-hydrogen) atoms. The van der Waals surface area contributed by atoms with Crippen molar-refractivity contribution in [2.45, 2.75) is 58.8 Å². The van der Waals surface area contributed by atoms with Crippen LogP contribution in [-0.2, 0) is 6.42 Å². The summed E-state index contributed by atoms with van der Waals surface area (Å²) in [6.45, 7) is 5.50. The Morgan fingerprint density at radius 3 is 2.72 bits per heavy atom. The van der Waals surface area contributed by atoms with Crippen molar-refractivity contribution < 1.29 is 0 Å². The monoisotopic (exact) mass is 267 g/mol. The highest BCUT2D eigenvalue weighted by molar-refractivity contribution is 7.15. The van der Waals surface area contributed by atoms with E-state index in [0.29, 0.717) is 5.92 Å². The number of anilines is 1. The lowest BCUT2D eigenvalue weighted by Gasteiger charge is -2.21. The summed E-state index contributed by atoms with van der Waals surface area (Å²) in [6.07, 6.45) is 9.50. The second-order valence-corrected chi connectivity index (χ2v) is 6.88. The fraction of sp³-hybridized carbons (Fsp3) is 0.857. The molecule has 0 bridgehead atoms. The number of nitrogens with one attached hydrogen (secondary N) is 1. The van der Waals surface area contributed by atoms with Crippen LogP contribution in [0.1, 0.15) is 57.4 Å². The van der Waals surface area contributed by atoms with Crippen LogP contribution in [0.2, 0.25) is 0 Å². The minimum Gasteiger partial charge on any atom is -0.360 e. The molecule has 0 spiro atoms. The first kappa shape index (κ1) is 13.8. The Hall–Kier alpha value is -0.640. The number of hydrogen-bond acceptors (Lipinski definition) is 4. The Labute approximate surface area is 114 Å². The quantitative estimate of drug-likeness (QED) is 0.842. The maximum Gasteiger partial charge on any atom is 0.205 e. The lowest BCUT2D eigenvalue weighted by Crippen LogP contribution is -2.12. The third kappa shape index (κ3) is 4.56. The molecule has 0 unspecified atom stereocenters. The standard InChI is InChI=1S/C14H25N3S/c1-11(2)10-13-16-17-14(18-13)15-9-8-12-6-4-3-5-7-12/h11-12H,3-10H2,1-2H3,(H,15,17). The van der Waals surface area contributed by atoms with Gasteiger partial charge in [-0.05, 0) is 18.3 Å². The molecule has 4 heteroatoms. The minimum atomic E-state index is 0.660. The first-order chi connectivity index (χ1) is 8.74. The number of nitrogens with zero attached hydrogens (tertiary/aromatic N) is 2. The maximum absolute atomic E-state index is 4.23. The van der Waals surface area contributed by atoms with Crippen molar-refractivity contribution in [3.8, 4) is 0 Å². The van der Waals surface area contributed by atoms with Crippen LogP contribution in [0.25, 0.3) is 0 Å². The molecular formula is C14H25N3S. The van der Waals surface area contributed by atoms with Crippen molar-refractivity contribution in [3.05, 3.63) is 5.01 Å². The van der Waals surface area contributed by atoms with E-state index in [2.05, 4.69) is 29.4 Å². The molecule has 1 heterocycles. The summed E-state index contributed by atoms with van der Waals surface area (Å²) in [5.41, 5.74) is 0. The lowest BCUT2D eigenvalue weighted by molar-refractivity contribution is 0.345. The van der Waals surface area contributed by atoms with Crippen molar-refractivity contribution in [1.29, 1.82) is 0 Å². The van der Waals surface area contributed by atoms with Gasteiger partial charge in [-0.15, -0.1) is 10.2 Å². The largest absolute Gasteiger partial charge is 0.360 e. The van der Waals surface area contributed by atoms with Gasteiger partial charge in [0.1, 0.15) is 5.01 Å². The topological polar surface area (TPSA) is 37.8 Å². The van der Waals surface area contributed by atoms with Gasteiger partial charge >= 0.3 is 0 Å². The van der Waals surface area contributed by atoms with E-state index in [-0.39, 0.29) is 0 Å². The van der Waals surface area contributed by atoms with E-state index in [1.165, 1.54) is 38.5 Å². The third-order valence-corrected chi connectivity index (χ3v) is 4.51. The van der Waals surface area contributed by atoms with Crippen LogP contribution in [0.15, 0.2) is 0 Å². The highest BCUT2D eigenvalue weighted by atomic mass is 32.1. The zero-order valence-corrected chi connectivity index (χ0v) is 12.4. The Morgan fingerprint density at radius 1 is 1.22 bits per heavy atom. The normalized spacial score (nSPS) is 17.3. The van der Waals surface area contributed by atoms with Crippen LogP contribution < -0.4 is 5.32 Å².